The average Bonchev–Trinajstić information content (AvgIpc) is 2.96. The van der Waals surface area contributed by atoms with Gasteiger partial charge in [-0.05, 0) is 18.2 Å². The molecule has 5 N–H and O–H groups in total. The van der Waals surface area contributed by atoms with Crippen molar-refractivity contribution in [2.24, 2.45) is 0 Å². The van der Waals surface area contributed by atoms with Gasteiger partial charge in [0.1, 0.15) is 5.69 Å². The summed E-state index contributed by atoms with van der Waals surface area (Å²) in [6.45, 7) is 0. The van der Waals surface area contributed by atoms with Gasteiger partial charge in [0.05, 0.1) is 23.6 Å². The fourth-order valence-corrected chi connectivity index (χ4v) is 1.69. The molecule has 0 fully saturated rings. The molecule has 3 rings (SSSR count). The van der Waals surface area contributed by atoms with Gasteiger partial charge in [0.2, 0.25) is 0 Å². The molecule has 2 aromatic heterocycles. The van der Waals surface area contributed by atoms with Crippen LogP contribution in [-0.2, 0) is 0 Å². The number of hydrogen-bond donors (Lipinski definition) is 4. The predicted molar refractivity (Wildman–Crippen MR) is 67.0 cm³/mol. The van der Waals surface area contributed by atoms with Crippen LogP contribution in [0, 0.1) is 0 Å². The van der Waals surface area contributed by atoms with Crippen LogP contribution in [0.15, 0.2) is 30.6 Å². The fourth-order valence-electron chi connectivity index (χ4n) is 1.69. The smallest absolute Gasteiger partial charge is 0.275 e. The molecule has 1 aromatic carbocycles. The van der Waals surface area contributed by atoms with E-state index in [4.69, 9.17) is 5.73 Å². The second kappa shape index (κ2) is 3.88. The first-order chi connectivity index (χ1) is 8.74. The number of aromatic nitrogens is 4. The molecular weight excluding hydrogens is 232 g/mol. The van der Waals surface area contributed by atoms with Crippen LogP contribution in [0.1, 0.15) is 10.5 Å². The third-order valence-electron chi connectivity index (χ3n) is 2.59. The molecule has 0 aliphatic carbocycles. The van der Waals surface area contributed by atoms with E-state index >= 15 is 0 Å². The highest BCUT2D eigenvalue weighted by Crippen LogP contribution is 2.18. The third kappa shape index (κ3) is 1.67. The van der Waals surface area contributed by atoms with Crippen molar-refractivity contribution in [1.82, 2.24) is 20.4 Å². The van der Waals surface area contributed by atoms with E-state index in [0.717, 1.165) is 10.9 Å². The van der Waals surface area contributed by atoms with Gasteiger partial charge in [-0.2, -0.15) is 10.2 Å². The van der Waals surface area contributed by atoms with Gasteiger partial charge in [-0.25, -0.2) is 0 Å². The first kappa shape index (κ1) is 10.3. The maximum Gasteiger partial charge on any atom is 0.275 e. The lowest BCUT2D eigenvalue weighted by Gasteiger charge is -2.04. The Kier molecular flexibility index (Phi) is 2.23. The summed E-state index contributed by atoms with van der Waals surface area (Å²) in [5, 5.41) is 16.7. The summed E-state index contributed by atoms with van der Waals surface area (Å²) in [4.78, 5) is 11.9. The Hall–Kier alpha value is -2.83. The zero-order chi connectivity index (χ0) is 12.5. The Labute approximate surface area is 101 Å². The monoisotopic (exact) mass is 242 g/mol. The van der Waals surface area contributed by atoms with Crippen molar-refractivity contribution in [2.45, 2.75) is 0 Å². The minimum absolute atomic E-state index is 0.252. The van der Waals surface area contributed by atoms with Gasteiger partial charge >= 0.3 is 0 Å². The van der Waals surface area contributed by atoms with Crippen LogP contribution in [0.2, 0.25) is 0 Å². The van der Waals surface area contributed by atoms with Gasteiger partial charge in [0.15, 0.2) is 0 Å². The number of fused-ring (bicyclic) bond motifs is 1. The lowest BCUT2D eigenvalue weighted by atomic mass is 10.2. The SMILES string of the molecule is Nc1cn[nH]c1C(=O)Nc1ccc2[nH]ncc2c1. The normalized spacial score (nSPS) is 10.7. The molecule has 0 saturated heterocycles. The number of anilines is 2. The highest BCUT2D eigenvalue weighted by Gasteiger charge is 2.11. The quantitative estimate of drug-likeness (QED) is 0.539. The van der Waals surface area contributed by atoms with E-state index in [1.165, 1.54) is 6.20 Å². The van der Waals surface area contributed by atoms with E-state index in [9.17, 15) is 4.79 Å². The third-order valence-corrected chi connectivity index (χ3v) is 2.59. The summed E-state index contributed by atoms with van der Waals surface area (Å²) in [6, 6.07) is 5.45. The molecule has 0 radical (unpaired) electrons. The summed E-state index contributed by atoms with van der Waals surface area (Å²) in [7, 11) is 0. The average molecular weight is 242 g/mol. The van der Waals surface area contributed by atoms with Crippen molar-refractivity contribution in [3.8, 4) is 0 Å². The summed E-state index contributed by atoms with van der Waals surface area (Å²) in [5.41, 5.74) is 7.75. The number of aromatic amines is 2. The summed E-state index contributed by atoms with van der Waals surface area (Å²) >= 11 is 0. The zero-order valence-electron chi connectivity index (χ0n) is 9.27. The first-order valence-corrected chi connectivity index (χ1v) is 5.27. The Morgan fingerprint density at radius 2 is 2.06 bits per heavy atom. The van der Waals surface area contributed by atoms with Crippen molar-refractivity contribution < 1.29 is 4.79 Å². The fraction of sp³-hybridized carbons (Fsp3) is 0. The molecule has 0 bridgehead atoms. The zero-order valence-corrected chi connectivity index (χ0v) is 9.27. The number of amides is 1. The molecule has 18 heavy (non-hydrogen) atoms. The van der Waals surface area contributed by atoms with Crippen molar-refractivity contribution in [3.63, 3.8) is 0 Å². The molecular formula is C11H10N6O. The van der Waals surface area contributed by atoms with Crippen LogP contribution in [-0.4, -0.2) is 26.3 Å². The maximum absolute atomic E-state index is 11.9. The molecule has 0 unspecified atom stereocenters. The minimum Gasteiger partial charge on any atom is -0.396 e. The van der Waals surface area contributed by atoms with E-state index < -0.39 is 0 Å². The van der Waals surface area contributed by atoms with Gasteiger partial charge in [-0.15, -0.1) is 0 Å². The van der Waals surface area contributed by atoms with Crippen LogP contribution in [0.5, 0.6) is 0 Å². The van der Waals surface area contributed by atoms with E-state index in [-0.39, 0.29) is 11.6 Å². The first-order valence-electron chi connectivity index (χ1n) is 5.27. The van der Waals surface area contributed by atoms with Gasteiger partial charge in [-0.1, -0.05) is 0 Å². The number of carbonyl (C=O) groups is 1. The van der Waals surface area contributed by atoms with Crippen LogP contribution in [0.25, 0.3) is 10.9 Å². The number of nitrogens with zero attached hydrogens (tertiary/aromatic N) is 2. The van der Waals surface area contributed by atoms with Crippen LogP contribution < -0.4 is 11.1 Å². The molecule has 90 valence electrons. The van der Waals surface area contributed by atoms with Gasteiger partial charge in [-0.3, -0.25) is 15.0 Å². The molecule has 1 amide bonds. The van der Waals surface area contributed by atoms with E-state index in [0.29, 0.717) is 11.4 Å². The summed E-state index contributed by atoms with van der Waals surface area (Å²) in [5.74, 6) is -0.326. The topological polar surface area (TPSA) is 112 Å². The van der Waals surface area contributed by atoms with E-state index in [1.54, 1.807) is 12.3 Å². The number of hydrogen-bond acceptors (Lipinski definition) is 4. The maximum atomic E-state index is 11.9. The second-order valence-corrected chi connectivity index (χ2v) is 3.83. The molecule has 0 aliphatic rings. The van der Waals surface area contributed by atoms with Gasteiger partial charge in [0, 0.05) is 11.1 Å². The Balaban J connectivity index is 1.88. The number of rotatable bonds is 2. The molecule has 0 spiro atoms. The lowest BCUT2D eigenvalue weighted by Crippen LogP contribution is -2.14. The largest absolute Gasteiger partial charge is 0.396 e. The molecule has 2 heterocycles. The van der Waals surface area contributed by atoms with Crippen molar-refractivity contribution in [3.05, 3.63) is 36.3 Å². The van der Waals surface area contributed by atoms with Gasteiger partial charge < -0.3 is 11.1 Å². The number of H-pyrrole nitrogens is 2. The lowest BCUT2D eigenvalue weighted by molar-refractivity contribution is 0.102. The number of benzene rings is 1. The molecule has 0 saturated carbocycles. The Bertz CT molecular complexity index is 713. The standard InChI is InChI=1S/C11H10N6O/c12-8-5-14-17-10(8)11(18)15-7-1-2-9-6(3-7)4-13-16-9/h1-5H,12H2,(H,13,16)(H,14,17)(H,15,18). The van der Waals surface area contributed by atoms with Crippen molar-refractivity contribution >= 4 is 28.2 Å². The summed E-state index contributed by atoms with van der Waals surface area (Å²) < 4.78 is 0. The predicted octanol–water partition coefficient (Wildman–Crippen LogP) is 1.12. The molecule has 7 nitrogen and oxygen atoms in total. The van der Waals surface area contributed by atoms with E-state index in [1.807, 2.05) is 12.1 Å². The summed E-state index contributed by atoms with van der Waals surface area (Å²) in [6.07, 6.45) is 3.09. The van der Waals surface area contributed by atoms with Crippen molar-refractivity contribution in [1.29, 1.82) is 0 Å². The highest BCUT2D eigenvalue weighted by atomic mass is 16.1. The number of nitrogens with two attached hydrogens (primary N) is 1. The molecule has 0 aliphatic heterocycles. The minimum atomic E-state index is -0.326. The van der Waals surface area contributed by atoms with E-state index in [2.05, 4.69) is 25.7 Å². The highest BCUT2D eigenvalue weighted by molar-refractivity contribution is 6.06. The number of nitrogens with one attached hydrogen (secondary N) is 3. The Morgan fingerprint density at radius 3 is 2.83 bits per heavy atom. The number of nitrogen functional groups attached to an aromatic ring is 1. The molecule has 3 aromatic rings. The molecule has 0 atom stereocenters. The number of carbonyl (C=O) groups excluding carboxylic acids is 1. The van der Waals surface area contributed by atoms with Gasteiger partial charge in [0.25, 0.3) is 5.91 Å². The van der Waals surface area contributed by atoms with Crippen LogP contribution in [0.4, 0.5) is 11.4 Å². The second-order valence-electron chi connectivity index (χ2n) is 3.83. The van der Waals surface area contributed by atoms with Crippen LogP contribution in [0.3, 0.4) is 0 Å². The molecule has 7 heteroatoms. The van der Waals surface area contributed by atoms with Crippen LogP contribution >= 0.6 is 0 Å². The Morgan fingerprint density at radius 1 is 1.22 bits per heavy atom. The van der Waals surface area contributed by atoms with Crippen molar-refractivity contribution in [2.75, 3.05) is 11.1 Å².